The van der Waals surface area contributed by atoms with Crippen LogP contribution in [0.15, 0.2) is 60.8 Å². The quantitative estimate of drug-likeness (QED) is 0.518. The number of nitro groups is 1. The Hall–Kier alpha value is -3.52. The van der Waals surface area contributed by atoms with Gasteiger partial charge in [0.15, 0.2) is 0 Å². The van der Waals surface area contributed by atoms with Crippen molar-refractivity contribution in [3.05, 3.63) is 76.5 Å². The SMILES string of the molecule is O=C(Cc1cn(-c2ccccc2)nc1-c1ccc([N+](=O)[O-])cc1)N1CCCC(O)C1. The Morgan fingerprint density at radius 1 is 1.17 bits per heavy atom. The zero-order valence-electron chi connectivity index (χ0n) is 16.3. The number of carbonyl (C=O) groups is 1. The highest BCUT2D eigenvalue weighted by Crippen LogP contribution is 2.27. The highest BCUT2D eigenvalue weighted by atomic mass is 16.6. The van der Waals surface area contributed by atoms with Crippen molar-refractivity contribution in [2.75, 3.05) is 13.1 Å². The number of aliphatic hydroxyl groups excluding tert-OH is 1. The Balaban J connectivity index is 1.67. The third kappa shape index (κ3) is 4.23. The summed E-state index contributed by atoms with van der Waals surface area (Å²) >= 11 is 0. The lowest BCUT2D eigenvalue weighted by atomic mass is 10.0. The van der Waals surface area contributed by atoms with Crippen molar-refractivity contribution in [2.24, 2.45) is 0 Å². The van der Waals surface area contributed by atoms with Crippen LogP contribution in [0.4, 0.5) is 5.69 Å². The van der Waals surface area contributed by atoms with Crippen molar-refractivity contribution >= 4 is 11.6 Å². The summed E-state index contributed by atoms with van der Waals surface area (Å²) in [5.41, 5.74) is 2.91. The van der Waals surface area contributed by atoms with E-state index >= 15 is 0 Å². The molecule has 1 amide bonds. The first-order chi connectivity index (χ1) is 14.5. The maximum Gasteiger partial charge on any atom is 0.269 e. The van der Waals surface area contributed by atoms with E-state index in [2.05, 4.69) is 5.10 Å². The van der Waals surface area contributed by atoms with Crippen molar-refractivity contribution in [3.8, 4) is 16.9 Å². The molecule has 2 aromatic carbocycles. The van der Waals surface area contributed by atoms with Crippen LogP contribution in [0.1, 0.15) is 18.4 Å². The number of likely N-dealkylation sites (tertiary alicyclic amines) is 1. The van der Waals surface area contributed by atoms with Crippen LogP contribution in [-0.4, -0.2) is 49.8 Å². The second kappa shape index (κ2) is 8.46. The minimum Gasteiger partial charge on any atom is -0.391 e. The largest absolute Gasteiger partial charge is 0.391 e. The van der Waals surface area contributed by atoms with Gasteiger partial charge in [-0.25, -0.2) is 4.68 Å². The molecular formula is C22H22N4O4. The Morgan fingerprint density at radius 2 is 1.90 bits per heavy atom. The zero-order chi connectivity index (χ0) is 21.1. The van der Waals surface area contributed by atoms with Crippen molar-refractivity contribution in [2.45, 2.75) is 25.4 Å². The number of rotatable bonds is 5. The van der Waals surface area contributed by atoms with Gasteiger partial charge in [0.1, 0.15) is 0 Å². The predicted octanol–water partition coefficient (Wildman–Crippen LogP) is 2.97. The van der Waals surface area contributed by atoms with Crippen LogP contribution in [0, 0.1) is 10.1 Å². The molecule has 0 bridgehead atoms. The fourth-order valence-corrected chi connectivity index (χ4v) is 3.69. The van der Waals surface area contributed by atoms with Crippen LogP contribution in [0.5, 0.6) is 0 Å². The van der Waals surface area contributed by atoms with Crippen LogP contribution >= 0.6 is 0 Å². The molecule has 30 heavy (non-hydrogen) atoms. The molecule has 8 heteroatoms. The number of para-hydroxylation sites is 1. The van der Waals surface area contributed by atoms with E-state index in [1.807, 2.05) is 36.5 Å². The maximum atomic E-state index is 12.9. The van der Waals surface area contributed by atoms with Gasteiger partial charge in [-0.15, -0.1) is 0 Å². The molecule has 1 aliphatic rings. The molecule has 8 nitrogen and oxygen atoms in total. The van der Waals surface area contributed by atoms with E-state index in [0.717, 1.165) is 17.7 Å². The van der Waals surface area contributed by atoms with Gasteiger partial charge in [-0.1, -0.05) is 18.2 Å². The number of benzene rings is 2. The standard InChI is InChI=1S/C22H22N4O4/c27-20-7-4-12-24(15-20)21(28)13-17-14-25(18-5-2-1-3-6-18)23-22(17)16-8-10-19(11-9-16)26(29)30/h1-3,5-6,8-11,14,20,27H,4,7,12-13,15H2. The molecule has 4 rings (SSSR count). The summed E-state index contributed by atoms with van der Waals surface area (Å²) in [6.45, 7) is 0.980. The third-order valence-electron chi connectivity index (χ3n) is 5.25. The number of hydrogen-bond donors (Lipinski definition) is 1. The summed E-state index contributed by atoms with van der Waals surface area (Å²) in [6, 6.07) is 15.7. The lowest BCUT2D eigenvalue weighted by Crippen LogP contribution is -2.42. The number of aliphatic hydroxyl groups is 1. The summed E-state index contributed by atoms with van der Waals surface area (Å²) in [6.07, 6.45) is 2.98. The number of non-ortho nitro benzene ring substituents is 1. The molecule has 1 aliphatic heterocycles. The van der Waals surface area contributed by atoms with E-state index in [1.165, 1.54) is 12.1 Å². The van der Waals surface area contributed by atoms with E-state index < -0.39 is 11.0 Å². The molecule has 0 radical (unpaired) electrons. The lowest BCUT2D eigenvalue weighted by molar-refractivity contribution is -0.384. The smallest absolute Gasteiger partial charge is 0.269 e. The van der Waals surface area contributed by atoms with Crippen molar-refractivity contribution in [1.29, 1.82) is 0 Å². The Labute approximate surface area is 173 Å². The van der Waals surface area contributed by atoms with Gasteiger partial charge in [0.05, 0.1) is 28.8 Å². The fraction of sp³-hybridized carbons (Fsp3) is 0.273. The molecule has 0 saturated carbocycles. The number of β-amino-alcohol motifs (C(OH)–C–C–N with tert-alkyl or cyclic N) is 1. The van der Waals surface area contributed by atoms with Gasteiger partial charge in [0, 0.05) is 42.5 Å². The van der Waals surface area contributed by atoms with Gasteiger partial charge in [-0.2, -0.15) is 5.10 Å². The van der Waals surface area contributed by atoms with Crippen molar-refractivity contribution in [1.82, 2.24) is 14.7 Å². The second-order valence-electron chi connectivity index (χ2n) is 7.40. The number of hydrogen-bond acceptors (Lipinski definition) is 5. The fourth-order valence-electron chi connectivity index (χ4n) is 3.69. The summed E-state index contributed by atoms with van der Waals surface area (Å²) in [5.74, 6) is -0.0653. The van der Waals surface area contributed by atoms with E-state index in [1.54, 1.807) is 21.7 Å². The van der Waals surface area contributed by atoms with Crippen LogP contribution in [0.25, 0.3) is 16.9 Å². The van der Waals surface area contributed by atoms with Gasteiger partial charge in [-0.05, 0) is 37.1 Å². The summed E-state index contributed by atoms with van der Waals surface area (Å²) < 4.78 is 1.71. The van der Waals surface area contributed by atoms with Gasteiger partial charge < -0.3 is 10.0 Å². The molecule has 1 saturated heterocycles. The molecule has 0 aliphatic carbocycles. The van der Waals surface area contributed by atoms with Crippen LogP contribution < -0.4 is 0 Å². The molecule has 2 heterocycles. The number of piperidine rings is 1. The predicted molar refractivity (Wildman–Crippen MR) is 111 cm³/mol. The summed E-state index contributed by atoms with van der Waals surface area (Å²) in [7, 11) is 0. The summed E-state index contributed by atoms with van der Waals surface area (Å²) in [5, 5.41) is 25.5. The highest BCUT2D eigenvalue weighted by Gasteiger charge is 2.24. The summed E-state index contributed by atoms with van der Waals surface area (Å²) in [4.78, 5) is 25.1. The van der Waals surface area contributed by atoms with Gasteiger partial charge in [0.2, 0.25) is 5.91 Å². The number of aromatic nitrogens is 2. The normalized spacial score (nSPS) is 16.4. The first-order valence-electron chi connectivity index (χ1n) is 9.86. The Bertz CT molecular complexity index is 1050. The molecule has 1 unspecified atom stereocenters. The third-order valence-corrected chi connectivity index (χ3v) is 5.25. The number of nitro benzene ring substituents is 1. The van der Waals surface area contributed by atoms with E-state index in [9.17, 15) is 20.0 Å². The monoisotopic (exact) mass is 406 g/mol. The first-order valence-corrected chi connectivity index (χ1v) is 9.86. The molecule has 0 spiro atoms. The molecule has 1 atom stereocenters. The van der Waals surface area contributed by atoms with E-state index in [-0.39, 0.29) is 18.0 Å². The lowest BCUT2D eigenvalue weighted by Gasteiger charge is -2.30. The Morgan fingerprint density at radius 3 is 2.57 bits per heavy atom. The number of amides is 1. The first kappa shape index (κ1) is 19.8. The van der Waals surface area contributed by atoms with E-state index in [0.29, 0.717) is 30.8 Å². The minimum absolute atomic E-state index is 0.00109. The van der Waals surface area contributed by atoms with Crippen LogP contribution in [-0.2, 0) is 11.2 Å². The topological polar surface area (TPSA) is 102 Å². The molecule has 1 fully saturated rings. The molecule has 1 aromatic heterocycles. The van der Waals surface area contributed by atoms with Crippen molar-refractivity contribution < 1.29 is 14.8 Å². The number of carbonyl (C=O) groups excluding carboxylic acids is 1. The van der Waals surface area contributed by atoms with Gasteiger partial charge in [0.25, 0.3) is 5.69 Å². The highest BCUT2D eigenvalue weighted by molar-refractivity contribution is 5.81. The number of nitrogens with zero attached hydrogens (tertiary/aromatic N) is 4. The van der Waals surface area contributed by atoms with Crippen molar-refractivity contribution in [3.63, 3.8) is 0 Å². The van der Waals surface area contributed by atoms with Crippen LogP contribution in [0.3, 0.4) is 0 Å². The molecule has 1 N–H and O–H groups in total. The van der Waals surface area contributed by atoms with Gasteiger partial charge in [-0.3, -0.25) is 14.9 Å². The second-order valence-corrected chi connectivity index (χ2v) is 7.40. The van der Waals surface area contributed by atoms with Gasteiger partial charge >= 0.3 is 0 Å². The molecule has 3 aromatic rings. The minimum atomic E-state index is -0.483. The average Bonchev–Trinajstić information content (AvgIpc) is 3.18. The Kier molecular flexibility index (Phi) is 5.58. The van der Waals surface area contributed by atoms with Crippen LogP contribution in [0.2, 0.25) is 0 Å². The molecular weight excluding hydrogens is 384 g/mol. The molecule has 154 valence electrons. The zero-order valence-corrected chi connectivity index (χ0v) is 16.3. The van der Waals surface area contributed by atoms with E-state index in [4.69, 9.17) is 0 Å². The maximum absolute atomic E-state index is 12.9. The average molecular weight is 406 g/mol.